The molecule has 98 valence electrons. The Hall–Kier alpha value is -1.72. The lowest BCUT2D eigenvalue weighted by Crippen LogP contribution is -2.35. The lowest BCUT2D eigenvalue weighted by atomic mass is 10.2. The van der Waals surface area contributed by atoms with Crippen LogP contribution in [0.4, 0.5) is 4.79 Å². The van der Waals surface area contributed by atoms with Crippen molar-refractivity contribution < 1.29 is 23.8 Å². The molecule has 0 saturated carbocycles. The molecule has 0 aliphatic rings. The average molecular weight is 245 g/mol. The molecule has 0 fully saturated rings. The van der Waals surface area contributed by atoms with Crippen LogP contribution in [-0.4, -0.2) is 31.9 Å². The van der Waals surface area contributed by atoms with Gasteiger partial charge < -0.3 is 14.2 Å². The molecule has 0 bridgehead atoms. The second-order valence-electron chi connectivity index (χ2n) is 4.25. The normalized spacial score (nSPS) is 12.4. The third-order valence-electron chi connectivity index (χ3n) is 1.67. The van der Waals surface area contributed by atoms with Gasteiger partial charge in [0.05, 0.1) is 14.2 Å². The molecule has 0 atom stereocenters. The van der Waals surface area contributed by atoms with Gasteiger partial charge in [-0.2, -0.15) is 0 Å². The van der Waals surface area contributed by atoms with E-state index in [4.69, 9.17) is 9.47 Å². The molecule has 1 amide bonds. The summed E-state index contributed by atoms with van der Waals surface area (Å²) >= 11 is 0. The van der Waals surface area contributed by atoms with Crippen LogP contribution in [0.2, 0.25) is 0 Å². The largest absolute Gasteiger partial charge is 0.499 e. The number of methoxy groups -OCH3 is 2. The van der Waals surface area contributed by atoms with E-state index in [2.05, 4.69) is 10.1 Å². The third kappa shape index (κ3) is 5.79. The molecular formula is C11H19NO5. The first-order valence-corrected chi connectivity index (χ1v) is 5.04. The first-order valence-electron chi connectivity index (χ1n) is 5.04. The average Bonchev–Trinajstić information content (AvgIpc) is 2.21. The van der Waals surface area contributed by atoms with Crippen molar-refractivity contribution in [3.63, 3.8) is 0 Å². The van der Waals surface area contributed by atoms with E-state index in [0.29, 0.717) is 0 Å². The number of hydrogen-bond donors (Lipinski definition) is 1. The van der Waals surface area contributed by atoms with Crippen molar-refractivity contribution in [3.8, 4) is 0 Å². The molecule has 0 aromatic rings. The molecule has 0 aromatic heterocycles. The van der Waals surface area contributed by atoms with Gasteiger partial charge in [0, 0.05) is 0 Å². The first-order chi connectivity index (χ1) is 7.71. The summed E-state index contributed by atoms with van der Waals surface area (Å²) in [6.45, 7) is 6.69. The Bertz CT molecular complexity index is 327. The number of nitrogens with one attached hydrogen (secondary N) is 1. The van der Waals surface area contributed by atoms with Crippen LogP contribution in [0.25, 0.3) is 0 Å². The zero-order valence-electron chi connectivity index (χ0n) is 11.0. The first kappa shape index (κ1) is 15.3. The summed E-state index contributed by atoms with van der Waals surface area (Å²) in [4.78, 5) is 22.9. The van der Waals surface area contributed by atoms with Gasteiger partial charge in [-0.3, -0.25) is 5.32 Å². The minimum atomic E-state index is -0.741. The fraction of sp³-hybridized carbons (Fsp3) is 0.636. The molecule has 17 heavy (non-hydrogen) atoms. The predicted molar refractivity (Wildman–Crippen MR) is 61.1 cm³/mol. The Labute approximate surface area is 101 Å². The maximum Gasteiger partial charge on any atom is 0.412 e. The molecule has 0 aromatic carbocycles. The van der Waals surface area contributed by atoms with Gasteiger partial charge in [-0.15, -0.1) is 0 Å². The van der Waals surface area contributed by atoms with Crippen LogP contribution in [0.3, 0.4) is 0 Å². The summed E-state index contributed by atoms with van der Waals surface area (Å²) in [5.74, 6) is -0.460. The highest BCUT2D eigenvalue weighted by Crippen LogP contribution is 2.09. The van der Waals surface area contributed by atoms with Crippen molar-refractivity contribution in [2.45, 2.75) is 33.3 Å². The molecular weight excluding hydrogens is 226 g/mol. The number of alkyl carbamates (subject to hydrolysis) is 1. The highest BCUT2D eigenvalue weighted by molar-refractivity contribution is 5.92. The molecule has 0 heterocycles. The van der Waals surface area contributed by atoms with E-state index in [1.165, 1.54) is 21.1 Å². The summed E-state index contributed by atoms with van der Waals surface area (Å²) < 4.78 is 14.4. The summed E-state index contributed by atoms with van der Waals surface area (Å²) in [6.07, 6.45) is -0.741. The fourth-order valence-electron chi connectivity index (χ4n) is 0.893. The molecule has 0 unspecified atom stereocenters. The molecule has 0 rings (SSSR count). The molecule has 0 spiro atoms. The summed E-state index contributed by atoms with van der Waals surface area (Å²) in [5.41, 5.74) is -0.726. The van der Waals surface area contributed by atoms with Crippen LogP contribution in [0.1, 0.15) is 27.7 Å². The Balaban J connectivity index is 4.80. The van der Waals surface area contributed by atoms with E-state index < -0.39 is 17.7 Å². The van der Waals surface area contributed by atoms with E-state index in [-0.39, 0.29) is 11.5 Å². The van der Waals surface area contributed by atoms with Gasteiger partial charge in [0.25, 0.3) is 0 Å². The smallest absolute Gasteiger partial charge is 0.412 e. The van der Waals surface area contributed by atoms with Gasteiger partial charge in [-0.25, -0.2) is 9.59 Å². The van der Waals surface area contributed by atoms with Crippen LogP contribution < -0.4 is 5.32 Å². The SMILES string of the molecule is COC(=O)/C(NC(=O)OC(C)(C)C)=C(/C)OC. The number of carbonyl (C=O) groups is 2. The van der Waals surface area contributed by atoms with Crippen molar-refractivity contribution in [2.24, 2.45) is 0 Å². The third-order valence-corrected chi connectivity index (χ3v) is 1.67. The van der Waals surface area contributed by atoms with E-state index in [1.807, 2.05) is 0 Å². The van der Waals surface area contributed by atoms with Gasteiger partial charge in [0.2, 0.25) is 0 Å². The minimum Gasteiger partial charge on any atom is -0.499 e. The van der Waals surface area contributed by atoms with Crippen LogP contribution in [0, 0.1) is 0 Å². The van der Waals surface area contributed by atoms with E-state index in [0.717, 1.165) is 0 Å². The molecule has 6 heteroatoms. The zero-order valence-corrected chi connectivity index (χ0v) is 11.0. The monoisotopic (exact) mass is 245 g/mol. The van der Waals surface area contributed by atoms with Crippen molar-refractivity contribution in [2.75, 3.05) is 14.2 Å². The number of allylic oxidation sites excluding steroid dienone is 1. The topological polar surface area (TPSA) is 73.9 Å². The van der Waals surface area contributed by atoms with Crippen molar-refractivity contribution >= 4 is 12.1 Å². The quantitative estimate of drug-likeness (QED) is 0.464. The van der Waals surface area contributed by atoms with E-state index >= 15 is 0 Å². The Morgan fingerprint density at radius 3 is 1.94 bits per heavy atom. The predicted octanol–water partition coefficient (Wildman–Crippen LogP) is 1.56. The van der Waals surface area contributed by atoms with E-state index in [9.17, 15) is 9.59 Å². The molecule has 0 saturated heterocycles. The number of rotatable bonds is 3. The number of hydrogen-bond acceptors (Lipinski definition) is 5. The van der Waals surface area contributed by atoms with Crippen molar-refractivity contribution in [3.05, 3.63) is 11.5 Å². The second-order valence-corrected chi connectivity index (χ2v) is 4.25. The molecule has 0 aliphatic carbocycles. The van der Waals surface area contributed by atoms with E-state index in [1.54, 1.807) is 20.8 Å². The van der Waals surface area contributed by atoms with Crippen LogP contribution >= 0.6 is 0 Å². The fourth-order valence-corrected chi connectivity index (χ4v) is 0.893. The number of amides is 1. The van der Waals surface area contributed by atoms with Gasteiger partial charge >= 0.3 is 12.1 Å². The van der Waals surface area contributed by atoms with Gasteiger partial charge in [0.15, 0.2) is 5.70 Å². The highest BCUT2D eigenvalue weighted by Gasteiger charge is 2.22. The summed E-state index contributed by atoms with van der Waals surface area (Å²) in [6, 6.07) is 0. The minimum absolute atomic E-state index is 0.0794. The highest BCUT2D eigenvalue weighted by atomic mass is 16.6. The zero-order chi connectivity index (χ0) is 13.6. The maximum absolute atomic E-state index is 11.5. The van der Waals surface area contributed by atoms with Crippen molar-refractivity contribution in [1.82, 2.24) is 5.32 Å². The summed E-state index contributed by atoms with van der Waals surface area (Å²) in [7, 11) is 2.59. The molecule has 6 nitrogen and oxygen atoms in total. The van der Waals surface area contributed by atoms with Gasteiger partial charge in [-0.05, 0) is 27.7 Å². The Morgan fingerprint density at radius 1 is 1.06 bits per heavy atom. The summed E-state index contributed by atoms with van der Waals surface area (Å²) in [5, 5.41) is 2.29. The van der Waals surface area contributed by atoms with Crippen molar-refractivity contribution in [1.29, 1.82) is 0 Å². The van der Waals surface area contributed by atoms with Crippen LogP contribution in [0.5, 0.6) is 0 Å². The number of esters is 1. The lowest BCUT2D eigenvalue weighted by molar-refractivity contribution is -0.136. The molecule has 1 N–H and O–H groups in total. The standard InChI is InChI=1S/C11H19NO5/c1-7(15-5)8(9(13)16-6)12-10(14)17-11(2,3)4/h1-6H3,(H,12,14)/b8-7+. The molecule has 0 radical (unpaired) electrons. The maximum atomic E-state index is 11.5. The lowest BCUT2D eigenvalue weighted by Gasteiger charge is -2.20. The Kier molecular flexibility index (Phi) is 5.50. The van der Waals surface area contributed by atoms with Gasteiger partial charge in [-0.1, -0.05) is 0 Å². The van der Waals surface area contributed by atoms with Gasteiger partial charge in [0.1, 0.15) is 11.4 Å². The number of carbonyl (C=O) groups excluding carboxylic acids is 2. The second kappa shape index (κ2) is 6.12. The van der Waals surface area contributed by atoms with Crippen LogP contribution in [-0.2, 0) is 19.0 Å². The van der Waals surface area contributed by atoms with Crippen LogP contribution in [0.15, 0.2) is 11.5 Å². The number of ether oxygens (including phenoxy) is 3. The Morgan fingerprint density at radius 2 is 1.59 bits per heavy atom. The molecule has 0 aliphatic heterocycles.